The van der Waals surface area contributed by atoms with Crippen LogP contribution in [0.2, 0.25) is 5.02 Å². The van der Waals surface area contributed by atoms with Gasteiger partial charge in [0.05, 0.1) is 6.54 Å². The van der Waals surface area contributed by atoms with Gasteiger partial charge in [-0.1, -0.05) is 41.4 Å². The van der Waals surface area contributed by atoms with Crippen molar-refractivity contribution in [1.29, 1.82) is 0 Å². The number of rotatable bonds is 8. The molecule has 1 N–H and O–H groups in total. The number of amides is 2. The molecule has 0 atom stereocenters. The minimum absolute atomic E-state index is 0.0589. The summed E-state index contributed by atoms with van der Waals surface area (Å²) >= 11 is 5.97. The molecule has 1 aromatic heterocycles. The van der Waals surface area contributed by atoms with Crippen molar-refractivity contribution in [2.45, 2.75) is 38.6 Å². The maximum atomic E-state index is 12.6. The van der Waals surface area contributed by atoms with Crippen LogP contribution in [0.3, 0.4) is 0 Å². The van der Waals surface area contributed by atoms with Crippen molar-refractivity contribution in [3.63, 3.8) is 0 Å². The third-order valence-electron chi connectivity index (χ3n) is 5.69. The fourth-order valence-electron chi connectivity index (χ4n) is 3.90. The monoisotopic (exact) mass is 451 g/mol. The van der Waals surface area contributed by atoms with Crippen molar-refractivity contribution in [3.05, 3.63) is 76.4 Å². The highest BCUT2D eigenvalue weighted by Gasteiger charge is 2.26. The van der Waals surface area contributed by atoms with Gasteiger partial charge < -0.3 is 14.7 Å². The highest BCUT2D eigenvalue weighted by Crippen LogP contribution is 2.31. The van der Waals surface area contributed by atoms with Crippen LogP contribution in [0.15, 0.2) is 59.1 Å². The second-order valence-electron chi connectivity index (χ2n) is 7.94. The predicted octanol–water partition coefficient (Wildman–Crippen LogP) is 4.87. The van der Waals surface area contributed by atoms with Crippen LogP contribution in [-0.4, -0.2) is 35.0 Å². The third-order valence-corrected chi connectivity index (χ3v) is 5.94. The Balaban J connectivity index is 1.19. The van der Waals surface area contributed by atoms with Crippen LogP contribution in [0.25, 0.3) is 11.3 Å². The Morgan fingerprint density at radius 1 is 1.03 bits per heavy atom. The van der Waals surface area contributed by atoms with E-state index in [4.69, 9.17) is 16.1 Å². The number of carbonyl (C=O) groups is 2. The van der Waals surface area contributed by atoms with Crippen LogP contribution < -0.4 is 5.32 Å². The maximum absolute atomic E-state index is 12.6. The lowest BCUT2D eigenvalue weighted by atomic mass is 10.0. The van der Waals surface area contributed by atoms with E-state index in [1.165, 1.54) is 0 Å². The van der Waals surface area contributed by atoms with E-state index < -0.39 is 0 Å². The number of hydrogen-bond donors (Lipinski definition) is 1. The topological polar surface area (TPSA) is 75.4 Å². The molecule has 166 valence electrons. The SMILES string of the molecule is O=C(NCCCCCC(=O)N1CCc2c(noc2-c2ccc(Cl)cc2)C1)c1ccccc1. The number of unbranched alkanes of at least 4 members (excludes halogenated alkanes) is 2. The van der Waals surface area contributed by atoms with Crippen LogP contribution in [0, 0.1) is 0 Å². The van der Waals surface area contributed by atoms with Crippen molar-refractivity contribution in [2.24, 2.45) is 0 Å². The summed E-state index contributed by atoms with van der Waals surface area (Å²) in [6, 6.07) is 16.7. The van der Waals surface area contributed by atoms with Gasteiger partial charge in [0, 0.05) is 41.2 Å². The highest BCUT2D eigenvalue weighted by molar-refractivity contribution is 6.30. The van der Waals surface area contributed by atoms with Gasteiger partial charge in [0.15, 0.2) is 5.76 Å². The molecule has 2 amide bonds. The van der Waals surface area contributed by atoms with E-state index >= 15 is 0 Å². The number of nitrogens with zero attached hydrogens (tertiary/aromatic N) is 2. The summed E-state index contributed by atoms with van der Waals surface area (Å²) in [7, 11) is 0. The Morgan fingerprint density at radius 3 is 2.59 bits per heavy atom. The molecule has 1 aliphatic rings. The van der Waals surface area contributed by atoms with E-state index in [2.05, 4.69) is 10.5 Å². The second-order valence-corrected chi connectivity index (χ2v) is 8.38. The van der Waals surface area contributed by atoms with Crippen LogP contribution in [0.4, 0.5) is 0 Å². The molecule has 0 saturated carbocycles. The zero-order valence-corrected chi connectivity index (χ0v) is 18.6. The predicted molar refractivity (Wildman–Crippen MR) is 123 cm³/mol. The van der Waals surface area contributed by atoms with Gasteiger partial charge in [0.2, 0.25) is 5.91 Å². The molecular formula is C25H26ClN3O3. The average Bonchev–Trinajstić information content (AvgIpc) is 3.25. The van der Waals surface area contributed by atoms with Crippen molar-refractivity contribution in [2.75, 3.05) is 13.1 Å². The summed E-state index contributed by atoms with van der Waals surface area (Å²) in [6.45, 7) is 1.76. The number of aromatic nitrogens is 1. The molecule has 6 nitrogen and oxygen atoms in total. The first-order valence-corrected chi connectivity index (χ1v) is 11.3. The number of benzene rings is 2. The third kappa shape index (κ3) is 5.37. The molecule has 0 radical (unpaired) electrons. The van der Waals surface area contributed by atoms with E-state index in [-0.39, 0.29) is 11.8 Å². The molecular weight excluding hydrogens is 426 g/mol. The van der Waals surface area contributed by atoms with Crippen LogP contribution in [0.5, 0.6) is 0 Å². The Labute approximate surface area is 192 Å². The van der Waals surface area contributed by atoms with Crippen LogP contribution in [0.1, 0.15) is 47.3 Å². The van der Waals surface area contributed by atoms with Gasteiger partial charge in [-0.2, -0.15) is 0 Å². The Hall–Kier alpha value is -3.12. The molecule has 2 heterocycles. The molecule has 0 aliphatic carbocycles. The smallest absolute Gasteiger partial charge is 0.251 e. The fraction of sp³-hybridized carbons (Fsp3) is 0.320. The summed E-state index contributed by atoms with van der Waals surface area (Å²) in [6.07, 6.45) is 3.78. The molecule has 3 aromatic rings. The lowest BCUT2D eigenvalue weighted by Gasteiger charge is -2.26. The summed E-state index contributed by atoms with van der Waals surface area (Å²) in [5.74, 6) is 0.845. The summed E-state index contributed by atoms with van der Waals surface area (Å²) in [4.78, 5) is 26.5. The molecule has 0 bridgehead atoms. The molecule has 0 unspecified atom stereocenters. The zero-order chi connectivity index (χ0) is 22.3. The largest absolute Gasteiger partial charge is 0.356 e. The molecule has 0 fully saturated rings. The second kappa shape index (κ2) is 10.5. The molecule has 0 saturated heterocycles. The average molecular weight is 452 g/mol. The van der Waals surface area contributed by atoms with E-state index in [0.29, 0.717) is 36.6 Å². The quantitative estimate of drug-likeness (QED) is 0.496. The highest BCUT2D eigenvalue weighted by atomic mass is 35.5. The normalized spacial score (nSPS) is 13.0. The molecule has 4 rings (SSSR count). The number of nitrogens with one attached hydrogen (secondary N) is 1. The van der Waals surface area contributed by atoms with E-state index in [0.717, 1.165) is 48.3 Å². The van der Waals surface area contributed by atoms with Gasteiger partial charge in [-0.05, 0) is 55.7 Å². The standard InChI is InChI=1S/C25H26ClN3O3/c26-20-12-10-18(11-13-20)24-21-14-16-29(17-22(21)28-32-24)23(30)9-5-2-6-15-27-25(31)19-7-3-1-4-8-19/h1,3-4,7-8,10-13H,2,5-6,9,14-17H2,(H,27,31). The Bertz CT molecular complexity index is 1060. The van der Waals surface area contributed by atoms with Gasteiger partial charge in [0.25, 0.3) is 5.91 Å². The maximum Gasteiger partial charge on any atom is 0.251 e. The van der Waals surface area contributed by atoms with Gasteiger partial charge in [-0.25, -0.2) is 0 Å². The number of hydrogen-bond acceptors (Lipinski definition) is 4. The van der Waals surface area contributed by atoms with Gasteiger partial charge in [-0.15, -0.1) is 0 Å². The molecule has 1 aliphatic heterocycles. The molecule has 7 heteroatoms. The lowest BCUT2D eigenvalue weighted by Crippen LogP contribution is -2.35. The van der Waals surface area contributed by atoms with Crippen molar-refractivity contribution >= 4 is 23.4 Å². The van der Waals surface area contributed by atoms with Gasteiger partial charge in [0.1, 0.15) is 5.69 Å². The molecule has 0 spiro atoms. The van der Waals surface area contributed by atoms with Crippen molar-refractivity contribution in [3.8, 4) is 11.3 Å². The summed E-state index contributed by atoms with van der Waals surface area (Å²) < 4.78 is 5.58. The molecule has 2 aromatic carbocycles. The summed E-state index contributed by atoms with van der Waals surface area (Å²) in [5.41, 5.74) is 3.52. The first kappa shape index (κ1) is 22.1. The number of halogens is 1. The van der Waals surface area contributed by atoms with Crippen LogP contribution >= 0.6 is 11.6 Å². The van der Waals surface area contributed by atoms with Crippen LogP contribution in [-0.2, 0) is 17.8 Å². The van der Waals surface area contributed by atoms with E-state index in [9.17, 15) is 9.59 Å². The first-order chi connectivity index (χ1) is 15.6. The first-order valence-electron chi connectivity index (χ1n) is 11.0. The van der Waals surface area contributed by atoms with Crippen molar-refractivity contribution < 1.29 is 14.1 Å². The van der Waals surface area contributed by atoms with Crippen molar-refractivity contribution in [1.82, 2.24) is 15.4 Å². The Kier molecular flexibility index (Phi) is 7.22. The lowest BCUT2D eigenvalue weighted by molar-refractivity contribution is -0.132. The van der Waals surface area contributed by atoms with Gasteiger partial charge >= 0.3 is 0 Å². The molecule has 32 heavy (non-hydrogen) atoms. The van der Waals surface area contributed by atoms with Gasteiger partial charge in [-0.3, -0.25) is 9.59 Å². The Morgan fingerprint density at radius 2 is 1.81 bits per heavy atom. The zero-order valence-electron chi connectivity index (χ0n) is 17.9. The summed E-state index contributed by atoms with van der Waals surface area (Å²) in [5, 5.41) is 7.81. The fourth-order valence-corrected chi connectivity index (χ4v) is 4.03. The number of fused-ring (bicyclic) bond motifs is 1. The van der Waals surface area contributed by atoms with E-state index in [1.54, 1.807) is 12.1 Å². The minimum atomic E-state index is -0.0589. The number of carbonyl (C=O) groups excluding carboxylic acids is 2. The van der Waals surface area contributed by atoms with E-state index in [1.807, 2.05) is 47.4 Å². The minimum Gasteiger partial charge on any atom is -0.356 e.